The lowest BCUT2D eigenvalue weighted by Crippen LogP contribution is -2.47. The fourth-order valence-electron chi connectivity index (χ4n) is 7.61. The first-order valence-corrected chi connectivity index (χ1v) is 17.2. The number of carboxylic acids is 1. The second kappa shape index (κ2) is 16.9. The highest BCUT2D eigenvalue weighted by atomic mass is 16.6. The van der Waals surface area contributed by atoms with Gasteiger partial charge in [0.05, 0.1) is 65.0 Å². The summed E-state index contributed by atoms with van der Waals surface area (Å²) in [7, 11) is 0. The van der Waals surface area contributed by atoms with Crippen LogP contribution in [-0.2, 0) is 51.8 Å². The molecule has 6 radical (unpaired) electrons. The molecule has 4 N–H and O–H groups in total. The van der Waals surface area contributed by atoms with Gasteiger partial charge in [-0.1, -0.05) is 65.1 Å². The van der Waals surface area contributed by atoms with Crippen LogP contribution < -0.4 is 16.2 Å². The molecule has 4 aromatic heterocycles. The lowest BCUT2D eigenvalue weighted by Gasteiger charge is -2.31. The Morgan fingerprint density at radius 1 is 0.862 bits per heavy atom. The van der Waals surface area contributed by atoms with E-state index in [2.05, 4.69) is 4.98 Å². The molecule has 0 spiro atoms. The van der Waals surface area contributed by atoms with E-state index in [4.69, 9.17) is 9.72 Å². The third-order valence-electron chi connectivity index (χ3n) is 10.6. The quantitative estimate of drug-likeness (QED) is 0.169. The maximum Gasteiger partial charge on any atom is 0.343 e. The second-order valence-corrected chi connectivity index (χ2v) is 13.5. The van der Waals surface area contributed by atoms with Crippen molar-refractivity contribution >= 4 is 50.6 Å². The maximum absolute atomic E-state index is 13.0. The molecule has 0 fully saturated rings. The van der Waals surface area contributed by atoms with Crippen LogP contribution >= 0.6 is 0 Å². The minimum absolute atomic E-state index is 0. The zero-order chi connectivity index (χ0) is 37.4. The Hall–Kier alpha value is -5.93. The maximum atomic E-state index is 13.0. The molecule has 6 aromatic rings. The van der Waals surface area contributed by atoms with Gasteiger partial charge in [-0.05, 0) is 49.2 Å². The minimum Gasteiger partial charge on any atom is -0.870 e. The van der Waals surface area contributed by atoms with E-state index in [-0.39, 0.29) is 82.7 Å². The fourth-order valence-corrected chi connectivity index (χ4v) is 7.61. The molecule has 3 aliphatic rings. The molecule has 0 saturated carbocycles. The smallest absolute Gasteiger partial charge is 0.343 e. The highest BCUT2D eigenvalue weighted by Gasteiger charge is 2.45. The number of carbonyl (C=O) groups is 2. The van der Waals surface area contributed by atoms with Gasteiger partial charge in [-0.3, -0.25) is 9.59 Å². The summed E-state index contributed by atoms with van der Waals surface area (Å²) < 4.78 is 8.16. The van der Waals surface area contributed by atoms with Crippen molar-refractivity contribution in [3.63, 3.8) is 0 Å². The fraction of sp³-hybridized carbons (Fsp3) is 0.286. The van der Waals surface area contributed by atoms with Crippen LogP contribution in [0.5, 0.6) is 0 Å². The van der Waals surface area contributed by atoms with Crippen LogP contribution in [-0.4, -0.2) is 68.7 Å². The first-order chi connectivity index (χ1) is 25.4. The first-order valence-electron chi connectivity index (χ1n) is 17.2. The number of cyclic esters (lactones) is 1. The number of ether oxygens (including phenoxy) is 1. The largest absolute Gasteiger partial charge is 0.870 e. The molecule has 14 nitrogen and oxygen atoms in total. The molecular formula is C42H46B2N4O10-2. The lowest BCUT2D eigenvalue weighted by molar-refractivity contribution is -0.326. The third-order valence-corrected chi connectivity index (χ3v) is 10.6. The molecule has 9 rings (SSSR count). The molecule has 3 aliphatic heterocycles. The van der Waals surface area contributed by atoms with Crippen LogP contribution in [0.1, 0.15) is 77.8 Å². The third kappa shape index (κ3) is 6.81. The molecule has 0 aliphatic carbocycles. The van der Waals surface area contributed by atoms with Gasteiger partial charge in [-0.15, -0.1) is 0 Å². The highest BCUT2D eigenvalue weighted by molar-refractivity contribution is 5.87. The average molecular weight is 790 g/mol. The Kier molecular flexibility index (Phi) is 13.5. The van der Waals surface area contributed by atoms with Crippen molar-refractivity contribution in [2.24, 2.45) is 0 Å². The van der Waals surface area contributed by atoms with E-state index in [9.17, 15) is 39.6 Å². The summed E-state index contributed by atoms with van der Waals surface area (Å²) in [5, 5.41) is 44.7. The number of hydrogen-bond donors (Lipinski definition) is 3. The number of esters is 1. The van der Waals surface area contributed by atoms with Gasteiger partial charge in [0.1, 0.15) is 12.2 Å². The number of aliphatic carboxylic acids is 1. The number of benzene rings is 2. The number of carbonyl (C=O) groups excluding carboxylic acids is 2. The molecule has 2 aromatic carbocycles. The zero-order valence-electron chi connectivity index (χ0n) is 30.4. The van der Waals surface area contributed by atoms with Crippen molar-refractivity contribution in [1.82, 2.24) is 19.1 Å². The Morgan fingerprint density at radius 2 is 1.36 bits per heavy atom. The van der Waals surface area contributed by atoms with Crippen LogP contribution in [0.15, 0.2) is 82.4 Å². The molecule has 0 bridgehead atoms. The Balaban J connectivity index is 0.000000537. The first kappa shape index (κ1) is 46.5. The number of aliphatic hydroxyl groups is 3. The molecule has 0 saturated heterocycles. The molecule has 302 valence electrons. The summed E-state index contributed by atoms with van der Waals surface area (Å²) in [6.07, 6.45) is -0.0665. The van der Waals surface area contributed by atoms with Crippen LogP contribution in [0.25, 0.3) is 44.6 Å². The number of hydrogen-bond acceptors (Lipinski definition) is 12. The van der Waals surface area contributed by atoms with Crippen molar-refractivity contribution in [1.29, 1.82) is 0 Å². The lowest BCUT2D eigenvalue weighted by atomic mass is 9.86. The summed E-state index contributed by atoms with van der Waals surface area (Å²) in [5.74, 6) is -2.42. The van der Waals surface area contributed by atoms with Crippen LogP contribution in [0.2, 0.25) is 0 Å². The topological polar surface area (TPSA) is 227 Å². The van der Waals surface area contributed by atoms with Gasteiger partial charge in [-0.25, -0.2) is 14.8 Å². The number of fused-ring (bicyclic) bond motifs is 9. The van der Waals surface area contributed by atoms with Crippen LogP contribution in [0.4, 0.5) is 0 Å². The summed E-state index contributed by atoms with van der Waals surface area (Å²) >= 11 is 0. The van der Waals surface area contributed by atoms with E-state index in [1.807, 2.05) is 60.7 Å². The average Bonchev–Trinajstić information content (AvgIpc) is 3.72. The zero-order valence-corrected chi connectivity index (χ0v) is 30.4. The van der Waals surface area contributed by atoms with E-state index in [1.165, 1.54) is 17.6 Å². The second-order valence-electron chi connectivity index (χ2n) is 13.5. The van der Waals surface area contributed by atoms with Gasteiger partial charge >= 0.3 is 5.97 Å². The van der Waals surface area contributed by atoms with Gasteiger partial charge in [0.2, 0.25) is 0 Å². The van der Waals surface area contributed by atoms with Gasteiger partial charge < -0.3 is 44.6 Å². The summed E-state index contributed by atoms with van der Waals surface area (Å²) in [6.45, 7) is 3.07. The van der Waals surface area contributed by atoms with E-state index >= 15 is 0 Å². The van der Waals surface area contributed by atoms with Crippen LogP contribution in [0.3, 0.4) is 0 Å². The van der Waals surface area contributed by atoms with Crippen molar-refractivity contribution < 1.29 is 43.1 Å². The van der Waals surface area contributed by atoms with E-state index in [1.54, 1.807) is 17.6 Å². The van der Waals surface area contributed by atoms with Crippen molar-refractivity contribution in [3.05, 3.63) is 127 Å². The van der Waals surface area contributed by atoms with Crippen molar-refractivity contribution in [2.75, 3.05) is 0 Å². The number of pyridine rings is 4. The number of rotatable bonds is 5. The summed E-state index contributed by atoms with van der Waals surface area (Å²) in [4.78, 5) is 59.0. The van der Waals surface area contributed by atoms with Gasteiger partial charge in [0.25, 0.3) is 11.1 Å². The van der Waals surface area contributed by atoms with E-state index < -0.39 is 35.3 Å². The van der Waals surface area contributed by atoms with Gasteiger partial charge in [-0.2, -0.15) is 0 Å². The number of aromatic nitrogens is 4. The van der Waals surface area contributed by atoms with E-state index in [0.29, 0.717) is 34.8 Å². The number of aliphatic hydroxyl groups excluding tert-OH is 1. The minimum atomic E-state index is -2.37. The van der Waals surface area contributed by atoms with E-state index in [0.717, 1.165) is 38.6 Å². The Bertz CT molecular complexity index is 2710. The molecule has 16 heteroatoms. The molecule has 7 heterocycles. The molecular weight excluding hydrogens is 742 g/mol. The normalized spacial score (nSPS) is 16.0. The standard InChI is InChI=1S/C20H18N2O5.C20H16N2O4.2CH4.2B.H2O.2H2/c1-2-20(27,19(25)26)14-8-16-17-12(9-22(16)18(24)13(14)10-23)7-11-5-3-4-6-15(11)21-17;1-2-20(25)14-8-16-17-12(7-11-5-3-4-6-15(11)21-17)9-22(16)18(23)13(14)10-26-19(20)24;;;;;;;/h3-8,23,27H,2,9-10H2,1H3,(H,25,26);3-8,25H,2,9-10H2,1H3;2*1H4;;;1H2;2*1H/p-2/t2*20-;;;;;;;/m00......./s1/i;;;;;;;2*1+1. The molecule has 2 atom stereocenters. The highest BCUT2D eigenvalue weighted by Crippen LogP contribution is 2.39. The van der Waals surface area contributed by atoms with Gasteiger partial charge in [0.15, 0.2) is 5.60 Å². The predicted molar refractivity (Wildman–Crippen MR) is 221 cm³/mol. The monoisotopic (exact) mass is 790 g/mol. The Labute approximate surface area is 340 Å². The number of para-hydroxylation sites is 2. The molecule has 0 amide bonds. The van der Waals surface area contributed by atoms with Crippen LogP contribution in [0, 0.1) is 0 Å². The number of carboxylic acid groups (broad SMARTS) is 1. The molecule has 58 heavy (non-hydrogen) atoms. The summed E-state index contributed by atoms with van der Waals surface area (Å²) in [6, 6.07) is 22.4. The molecule has 0 unspecified atom stereocenters. The summed E-state index contributed by atoms with van der Waals surface area (Å²) in [5.41, 5.74) is 1.16. The predicted octanol–water partition coefficient (Wildman–Crippen LogP) is 3.17. The van der Waals surface area contributed by atoms with Crippen molar-refractivity contribution in [3.8, 4) is 22.8 Å². The number of nitrogens with zero attached hydrogens (tertiary/aromatic N) is 4. The van der Waals surface area contributed by atoms with Crippen molar-refractivity contribution in [2.45, 2.75) is 79.0 Å². The Morgan fingerprint density at radius 3 is 1.84 bits per heavy atom. The van der Waals surface area contributed by atoms with Gasteiger partial charge in [0, 0.05) is 58.3 Å². The SMILES string of the molecule is C.C.CC[C@@](O)(C(=O)[O-])c1cc2n(c(=O)c1CO)Cc1cc3ccccc3nc1-2.CC[C@@]1(O)C(=O)OCc2c1cc1n(c2=O)Cc2cc3ccccc3nc2-1.[2HH].[2HH].[B].[B].[OH-].